The second-order valence-corrected chi connectivity index (χ2v) is 6.03. The standard InChI is InChI=1S/C17H21N3O3/c1-13-10-19-20(11-13)15-4-2-14(3-5-15)16(21)18-12-17(22)6-8-23-9-7-17/h2-5,10-11,22H,6-9,12H2,1H3,(H,18,21). The summed E-state index contributed by atoms with van der Waals surface area (Å²) in [6, 6.07) is 7.22. The Hall–Kier alpha value is -2.18. The summed E-state index contributed by atoms with van der Waals surface area (Å²) >= 11 is 0. The molecule has 0 radical (unpaired) electrons. The van der Waals surface area contributed by atoms with Gasteiger partial charge in [0, 0.05) is 44.4 Å². The molecule has 1 amide bonds. The monoisotopic (exact) mass is 315 g/mol. The lowest BCUT2D eigenvalue weighted by Gasteiger charge is -2.32. The largest absolute Gasteiger partial charge is 0.388 e. The van der Waals surface area contributed by atoms with Crippen LogP contribution < -0.4 is 5.32 Å². The maximum Gasteiger partial charge on any atom is 0.251 e. The Morgan fingerprint density at radius 3 is 2.65 bits per heavy atom. The van der Waals surface area contributed by atoms with Gasteiger partial charge in [-0.05, 0) is 36.8 Å². The van der Waals surface area contributed by atoms with E-state index >= 15 is 0 Å². The molecule has 0 atom stereocenters. The van der Waals surface area contributed by atoms with Crippen molar-refractivity contribution in [3.63, 3.8) is 0 Å². The van der Waals surface area contributed by atoms with Gasteiger partial charge in [0.2, 0.25) is 0 Å². The van der Waals surface area contributed by atoms with E-state index in [9.17, 15) is 9.90 Å². The fraction of sp³-hybridized carbons (Fsp3) is 0.412. The number of rotatable bonds is 4. The van der Waals surface area contributed by atoms with Crippen molar-refractivity contribution in [1.82, 2.24) is 15.1 Å². The maximum atomic E-state index is 12.2. The fourth-order valence-electron chi connectivity index (χ4n) is 2.59. The van der Waals surface area contributed by atoms with Crippen LogP contribution in [0.3, 0.4) is 0 Å². The van der Waals surface area contributed by atoms with Gasteiger partial charge in [0.15, 0.2) is 0 Å². The Morgan fingerprint density at radius 1 is 1.35 bits per heavy atom. The van der Waals surface area contributed by atoms with Gasteiger partial charge < -0.3 is 15.2 Å². The van der Waals surface area contributed by atoms with Crippen molar-refractivity contribution in [3.8, 4) is 5.69 Å². The van der Waals surface area contributed by atoms with Crippen LogP contribution in [0, 0.1) is 6.92 Å². The van der Waals surface area contributed by atoms with Crippen LogP contribution in [0.1, 0.15) is 28.8 Å². The molecule has 0 unspecified atom stereocenters. The van der Waals surface area contributed by atoms with Gasteiger partial charge in [0.1, 0.15) is 0 Å². The zero-order chi connectivity index (χ0) is 16.3. The number of benzene rings is 1. The summed E-state index contributed by atoms with van der Waals surface area (Å²) in [6.07, 6.45) is 4.81. The first-order chi connectivity index (χ1) is 11.1. The van der Waals surface area contributed by atoms with E-state index < -0.39 is 5.60 Å². The third kappa shape index (κ3) is 3.78. The number of carbonyl (C=O) groups excluding carboxylic acids is 1. The zero-order valence-electron chi connectivity index (χ0n) is 13.2. The summed E-state index contributed by atoms with van der Waals surface area (Å²) in [7, 11) is 0. The third-order valence-electron chi connectivity index (χ3n) is 4.11. The average Bonchev–Trinajstić information content (AvgIpc) is 3.00. The van der Waals surface area contributed by atoms with E-state index in [1.54, 1.807) is 23.0 Å². The Kier molecular flexibility index (Phi) is 4.45. The van der Waals surface area contributed by atoms with E-state index in [4.69, 9.17) is 4.74 Å². The Labute approximate surface area is 135 Å². The number of nitrogens with one attached hydrogen (secondary N) is 1. The second-order valence-electron chi connectivity index (χ2n) is 6.03. The normalized spacial score (nSPS) is 17.0. The first-order valence-corrected chi connectivity index (χ1v) is 7.76. The Balaban J connectivity index is 1.61. The smallest absolute Gasteiger partial charge is 0.251 e. The van der Waals surface area contributed by atoms with E-state index in [2.05, 4.69) is 10.4 Å². The van der Waals surface area contributed by atoms with Crippen LogP contribution in [0.25, 0.3) is 5.69 Å². The molecule has 2 N–H and O–H groups in total. The molecule has 23 heavy (non-hydrogen) atoms. The van der Waals surface area contributed by atoms with Gasteiger partial charge in [0.05, 0.1) is 17.5 Å². The lowest BCUT2D eigenvalue weighted by molar-refractivity contribution is -0.0605. The van der Waals surface area contributed by atoms with E-state index in [1.165, 1.54) is 0 Å². The van der Waals surface area contributed by atoms with Crippen molar-refractivity contribution in [1.29, 1.82) is 0 Å². The van der Waals surface area contributed by atoms with Crippen molar-refractivity contribution in [2.75, 3.05) is 19.8 Å². The van der Waals surface area contributed by atoms with E-state index in [0.29, 0.717) is 31.6 Å². The fourth-order valence-corrected chi connectivity index (χ4v) is 2.59. The van der Waals surface area contributed by atoms with Crippen LogP contribution in [0.15, 0.2) is 36.7 Å². The second kappa shape index (κ2) is 6.52. The minimum absolute atomic E-state index is 0.187. The average molecular weight is 315 g/mol. The molecule has 1 aliphatic heterocycles. The lowest BCUT2D eigenvalue weighted by Crippen LogP contribution is -2.46. The SMILES string of the molecule is Cc1cnn(-c2ccc(C(=O)NCC3(O)CCOCC3)cc2)c1. The van der Waals surface area contributed by atoms with Crippen LogP contribution in [-0.2, 0) is 4.74 Å². The van der Waals surface area contributed by atoms with E-state index in [0.717, 1.165) is 11.3 Å². The number of aryl methyl sites for hydroxylation is 1. The predicted octanol–water partition coefficient (Wildman–Crippen LogP) is 1.45. The third-order valence-corrected chi connectivity index (χ3v) is 4.11. The number of nitrogens with zero attached hydrogens (tertiary/aromatic N) is 2. The number of hydrogen-bond donors (Lipinski definition) is 2. The van der Waals surface area contributed by atoms with Gasteiger partial charge in [-0.2, -0.15) is 5.10 Å². The number of ether oxygens (including phenoxy) is 1. The number of carbonyl (C=O) groups is 1. The molecule has 6 heteroatoms. The molecule has 0 spiro atoms. The summed E-state index contributed by atoms with van der Waals surface area (Å²) < 4.78 is 7.00. The maximum absolute atomic E-state index is 12.2. The molecule has 2 heterocycles. The molecular formula is C17H21N3O3. The highest BCUT2D eigenvalue weighted by atomic mass is 16.5. The van der Waals surface area contributed by atoms with Crippen molar-refractivity contribution >= 4 is 5.91 Å². The van der Waals surface area contributed by atoms with Crippen LogP contribution in [0.2, 0.25) is 0 Å². The van der Waals surface area contributed by atoms with Crippen LogP contribution in [0.5, 0.6) is 0 Å². The molecule has 1 aromatic carbocycles. The van der Waals surface area contributed by atoms with E-state index in [-0.39, 0.29) is 12.5 Å². The summed E-state index contributed by atoms with van der Waals surface area (Å²) in [5.41, 5.74) is 1.68. The topological polar surface area (TPSA) is 76.4 Å². The molecular weight excluding hydrogens is 294 g/mol. The first kappa shape index (κ1) is 15.7. The molecule has 1 aliphatic rings. The summed E-state index contributed by atoms with van der Waals surface area (Å²) in [5, 5.41) is 17.4. The number of aromatic nitrogens is 2. The predicted molar refractivity (Wildman–Crippen MR) is 85.6 cm³/mol. The molecule has 1 aromatic heterocycles. The first-order valence-electron chi connectivity index (χ1n) is 7.76. The Morgan fingerprint density at radius 2 is 2.04 bits per heavy atom. The molecule has 122 valence electrons. The Bertz CT molecular complexity index is 673. The number of hydrogen-bond acceptors (Lipinski definition) is 4. The molecule has 0 aliphatic carbocycles. The highest BCUT2D eigenvalue weighted by Crippen LogP contribution is 2.19. The van der Waals surface area contributed by atoms with Gasteiger partial charge in [-0.3, -0.25) is 4.79 Å². The lowest BCUT2D eigenvalue weighted by atomic mass is 9.94. The summed E-state index contributed by atoms with van der Waals surface area (Å²) in [5.74, 6) is -0.187. The van der Waals surface area contributed by atoms with Crippen molar-refractivity contribution < 1.29 is 14.6 Å². The number of aliphatic hydroxyl groups is 1. The van der Waals surface area contributed by atoms with Crippen molar-refractivity contribution in [2.45, 2.75) is 25.4 Å². The van der Waals surface area contributed by atoms with Gasteiger partial charge in [-0.25, -0.2) is 4.68 Å². The van der Waals surface area contributed by atoms with Crippen LogP contribution >= 0.6 is 0 Å². The zero-order valence-corrected chi connectivity index (χ0v) is 13.2. The molecule has 0 saturated carbocycles. The quantitative estimate of drug-likeness (QED) is 0.895. The highest BCUT2D eigenvalue weighted by molar-refractivity contribution is 5.94. The number of amides is 1. The summed E-state index contributed by atoms with van der Waals surface area (Å²) in [4.78, 5) is 12.2. The molecule has 1 fully saturated rings. The molecule has 1 saturated heterocycles. The van der Waals surface area contributed by atoms with Crippen LogP contribution in [-0.4, -0.2) is 46.2 Å². The minimum Gasteiger partial charge on any atom is -0.388 e. The van der Waals surface area contributed by atoms with Crippen LogP contribution in [0.4, 0.5) is 0 Å². The van der Waals surface area contributed by atoms with Gasteiger partial charge in [-0.1, -0.05) is 0 Å². The van der Waals surface area contributed by atoms with Gasteiger partial charge >= 0.3 is 0 Å². The minimum atomic E-state index is -0.861. The van der Waals surface area contributed by atoms with Crippen molar-refractivity contribution in [2.24, 2.45) is 0 Å². The molecule has 6 nitrogen and oxygen atoms in total. The van der Waals surface area contributed by atoms with Gasteiger partial charge in [0.25, 0.3) is 5.91 Å². The summed E-state index contributed by atoms with van der Waals surface area (Å²) in [6.45, 7) is 3.29. The van der Waals surface area contributed by atoms with Crippen molar-refractivity contribution in [3.05, 3.63) is 47.8 Å². The molecule has 3 rings (SSSR count). The van der Waals surface area contributed by atoms with Gasteiger partial charge in [-0.15, -0.1) is 0 Å². The van der Waals surface area contributed by atoms with E-state index in [1.807, 2.05) is 25.3 Å². The molecule has 0 bridgehead atoms. The molecule has 2 aromatic rings. The highest BCUT2D eigenvalue weighted by Gasteiger charge is 2.30.